The van der Waals surface area contributed by atoms with Gasteiger partial charge in [0, 0.05) is 12.2 Å². The van der Waals surface area contributed by atoms with Crippen molar-refractivity contribution in [1.29, 1.82) is 0 Å². The van der Waals surface area contributed by atoms with Crippen molar-refractivity contribution in [1.82, 2.24) is 0 Å². The molecule has 1 aromatic carbocycles. The molecule has 0 fully saturated rings. The van der Waals surface area contributed by atoms with Crippen molar-refractivity contribution in [2.45, 2.75) is 25.9 Å². The lowest BCUT2D eigenvalue weighted by Crippen LogP contribution is -2.11. The van der Waals surface area contributed by atoms with Crippen LogP contribution >= 0.6 is 0 Å². The molecule has 0 saturated carbocycles. The predicted molar refractivity (Wildman–Crippen MR) is 55.8 cm³/mol. The summed E-state index contributed by atoms with van der Waals surface area (Å²) in [5.41, 5.74) is 1.12. The highest BCUT2D eigenvalue weighted by Gasteiger charge is 1.98. The summed E-state index contributed by atoms with van der Waals surface area (Å²) in [6.45, 7) is 2.83. The highest BCUT2D eigenvalue weighted by atomic mass is 16.3. The van der Waals surface area contributed by atoms with Crippen LogP contribution in [0.2, 0.25) is 0 Å². The SMILES string of the molecule is CCC(O)CCNc1ccccc1. The van der Waals surface area contributed by atoms with Crippen LogP contribution in [0, 0.1) is 0 Å². The van der Waals surface area contributed by atoms with E-state index in [2.05, 4.69) is 5.32 Å². The maximum absolute atomic E-state index is 9.30. The number of hydrogen-bond donors (Lipinski definition) is 2. The van der Waals surface area contributed by atoms with Crippen LogP contribution in [-0.4, -0.2) is 17.8 Å². The molecule has 0 aliphatic rings. The van der Waals surface area contributed by atoms with Gasteiger partial charge >= 0.3 is 0 Å². The van der Waals surface area contributed by atoms with Crippen LogP contribution in [0.1, 0.15) is 19.8 Å². The number of para-hydroxylation sites is 1. The second-order valence-electron chi connectivity index (χ2n) is 3.14. The molecule has 0 aliphatic heterocycles. The van der Waals surface area contributed by atoms with Gasteiger partial charge in [0.2, 0.25) is 0 Å². The average molecular weight is 179 g/mol. The Morgan fingerprint density at radius 1 is 1.31 bits per heavy atom. The van der Waals surface area contributed by atoms with Crippen LogP contribution in [0.3, 0.4) is 0 Å². The first-order chi connectivity index (χ1) is 6.33. The smallest absolute Gasteiger partial charge is 0.0554 e. The summed E-state index contributed by atoms with van der Waals surface area (Å²) in [5, 5.41) is 12.5. The van der Waals surface area contributed by atoms with Crippen molar-refractivity contribution < 1.29 is 5.11 Å². The molecule has 0 bridgehead atoms. The van der Waals surface area contributed by atoms with Crippen molar-refractivity contribution in [2.24, 2.45) is 0 Å². The lowest BCUT2D eigenvalue weighted by Gasteiger charge is -2.09. The van der Waals surface area contributed by atoms with Gasteiger partial charge in [-0.3, -0.25) is 0 Å². The molecule has 1 unspecified atom stereocenters. The highest BCUT2D eigenvalue weighted by molar-refractivity contribution is 5.42. The van der Waals surface area contributed by atoms with Crippen LogP contribution in [0.4, 0.5) is 5.69 Å². The van der Waals surface area contributed by atoms with Gasteiger partial charge in [-0.15, -0.1) is 0 Å². The molecule has 1 atom stereocenters. The number of anilines is 1. The van der Waals surface area contributed by atoms with Crippen molar-refractivity contribution >= 4 is 5.69 Å². The third kappa shape index (κ3) is 3.95. The Kier molecular flexibility index (Phi) is 4.33. The Balaban J connectivity index is 2.20. The van der Waals surface area contributed by atoms with Crippen LogP contribution in [0.5, 0.6) is 0 Å². The van der Waals surface area contributed by atoms with Crippen LogP contribution < -0.4 is 5.32 Å². The summed E-state index contributed by atoms with van der Waals surface area (Å²) < 4.78 is 0. The molecular formula is C11H17NO. The molecule has 0 heterocycles. The topological polar surface area (TPSA) is 32.3 Å². The van der Waals surface area contributed by atoms with E-state index in [1.165, 1.54) is 0 Å². The fourth-order valence-electron chi connectivity index (χ4n) is 1.14. The van der Waals surface area contributed by atoms with Gasteiger partial charge in [0.05, 0.1) is 6.10 Å². The van der Waals surface area contributed by atoms with Gasteiger partial charge < -0.3 is 10.4 Å². The molecule has 0 aromatic heterocycles. The van der Waals surface area contributed by atoms with E-state index in [1.54, 1.807) is 0 Å². The molecule has 0 amide bonds. The average Bonchev–Trinajstić information content (AvgIpc) is 2.19. The van der Waals surface area contributed by atoms with Crippen molar-refractivity contribution in [3.63, 3.8) is 0 Å². The minimum atomic E-state index is -0.170. The second kappa shape index (κ2) is 5.60. The molecule has 0 saturated heterocycles. The summed E-state index contributed by atoms with van der Waals surface area (Å²) in [4.78, 5) is 0. The Bertz CT molecular complexity index is 223. The van der Waals surface area contributed by atoms with E-state index in [0.29, 0.717) is 0 Å². The maximum atomic E-state index is 9.30. The first kappa shape index (κ1) is 10.1. The minimum absolute atomic E-state index is 0.170. The van der Waals surface area contributed by atoms with E-state index in [1.807, 2.05) is 37.3 Å². The number of nitrogens with one attached hydrogen (secondary N) is 1. The molecule has 2 nitrogen and oxygen atoms in total. The third-order valence-electron chi connectivity index (χ3n) is 2.05. The van der Waals surface area contributed by atoms with Gasteiger partial charge in [0.1, 0.15) is 0 Å². The molecule has 2 N–H and O–H groups in total. The zero-order chi connectivity index (χ0) is 9.52. The van der Waals surface area contributed by atoms with Gasteiger partial charge in [-0.2, -0.15) is 0 Å². The Morgan fingerprint density at radius 2 is 2.00 bits per heavy atom. The summed E-state index contributed by atoms with van der Waals surface area (Å²) in [5.74, 6) is 0. The fourth-order valence-corrected chi connectivity index (χ4v) is 1.14. The van der Waals surface area contributed by atoms with Crippen molar-refractivity contribution in [3.05, 3.63) is 30.3 Å². The van der Waals surface area contributed by atoms with E-state index in [9.17, 15) is 5.11 Å². The molecule has 13 heavy (non-hydrogen) atoms. The number of rotatable bonds is 5. The summed E-state index contributed by atoms with van der Waals surface area (Å²) in [6, 6.07) is 10.0. The largest absolute Gasteiger partial charge is 0.393 e. The molecule has 0 spiro atoms. The van der Waals surface area contributed by atoms with Crippen LogP contribution in [0.25, 0.3) is 0 Å². The summed E-state index contributed by atoms with van der Waals surface area (Å²) >= 11 is 0. The van der Waals surface area contributed by atoms with Gasteiger partial charge in [-0.1, -0.05) is 25.1 Å². The van der Waals surface area contributed by atoms with E-state index >= 15 is 0 Å². The molecule has 0 radical (unpaired) electrons. The first-order valence-corrected chi connectivity index (χ1v) is 4.80. The Morgan fingerprint density at radius 3 is 2.62 bits per heavy atom. The molecule has 72 valence electrons. The zero-order valence-corrected chi connectivity index (χ0v) is 8.03. The van der Waals surface area contributed by atoms with Crippen molar-refractivity contribution in [2.75, 3.05) is 11.9 Å². The lowest BCUT2D eigenvalue weighted by atomic mass is 10.2. The van der Waals surface area contributed by atoms with E-state index < -0.39 is 0 Å². The van der Waals surface area contributed by atoms with Crippen LogP contribution in [-0.2, 0) is 0 Å². The molecule has 0 aliphatic carbocycles. The van der Waals surface area contributed by atoms with Gasteiger partial charge in [0.25, 0.3) is 0 Å². The van der Waals surface area contributed by atoms with Gasteiger partial charge in [0.15, 0.2) is 0 Å². The molecule has 1 aromatic rings. The summed E-state index contributed by atoms with van der Waals surface area (Å²) in [6.07, 6.45) is 1.47. The lowest BCUT2D eigenvalue weighted by molar-refractivity contribution is 0.164. The quantitative estimate of drug-likeness (QED) is 0.726. The number of hydrogen-bond acceptors (Lipinski definition) is 2. The predicted octanol–water partition coefficient (Wildman–Crippen LogP) is 2.26. The standard InChI is InChI=1S/C11H17NO/c1-2-11(13)8-9-12-10-6-4-3-5-7-10/h3-7,11-13H,2,8-9H2,1H3. The minimum Gasteiger partial charge on any atom is -0.393 e. The number of aliphatic hydroxyl groups is 1. The van der Waals surface area contributed by atoms with E-state index in [4.69, 9.17) is 0 Å². The Labute approximate surface area is 79.6 Å². The maximum Gasteiger partial charge on any atom is 0.0554 e. The second-order valence-corrected chi connectivity index (χ2v) is 3.14. The summed E-state index contributed by atoms with van der Waals surface area (Å²) in [7, 11) is 0. The third-order valence-corrected chi connectivity index (χ3v) is 2.05. The normalized spacial score (nSPS) is 12.5. The van der Waals surface area contributed by atoms with E-state index in [-0.39, 0.29) is 6.10 Å². The monoisotopic (exact) mass is 179 g/mol. The zero-order valence-electron chi connectivity index (χ0n) is 8.03. The number of benzene rings is 1. The van der Waals surface area contributed by atoms with Crippen molar-refractivity contribution in [3.8, 4) is 0 Å². The highest BCUT2D eigenvalue weighted by Crippen LogP contribution is 2.05. The molecule has 2 heteroatoms. The number of aliphatic hydroxyl groups excluding tert-OH is 1. The Hall–Kier alpha value is -1.02. The van der Waals surface area contributed by atoms with Gasteiger partial charge in [-0.25, -0.2) is 0 Å². The molecule has 1 rings (SSSR count). The van der Waals surface area contributed by atoms with Gasteiger partial charge in [-0.05, 0) is 25.0 Å². The van der Waals surface area contributed by atoms with E-state index in [0.717, 1.165) is 25.1 Å². The first-order valence-electron chi connectivity index (χ1n) is 4.80. The fraction of sp³-hybridized carbons (Fsp3) is 0.455. The van der Waals surface area contributed by atoms with Crippen LogP contribution in [0.15, 0.2) is 30.3 Å². The molecular weight excluding hydrogens is 162 g/mol.